The minimum atomic E-state index is -0.598. The Balaban J connectivity index is 1.81. The minimum Gasteiger partial charge on any atom is -0.489 e. The van der Waals surface area contributed by atoms with E-state index in [1.54, 1.807) is 50.4 Å². The summed E-state index contributed by atoms with van der Waals surface area (Å²) in [6.45, 7) is 5.33. The number of alkyl carbamates (subject to hydrolysis) is 1. The number of ether oxygens (including phenoxy) is 2. The molecule has 134 valence electrons. The van der Waals surface area contributed by atoms with E-state index in [2.05, 4.69) is 10.3 Å². The molecule has 2 aromatic rings. The number of thiazole rings is 1. The molecule has 0 aliphatic carbocycles. The lowest BCUT2D eigenvalue weighted by molar-refractivity contribution is 0.0531. The van der Waals surface area contributed by atoms with Gasteiger partial charge in [0.1, 0.15) is 23.0 Å². The zero-order valence-corrected chi connectivity index (χ0v) is 15.2. The molecule has 1 amide bonds. The first-order valence-electron chi connectivity index (χ1n) is 7.75. The molecule has 0 radical (unpaired) electrons. The van der Waals surface area contributed by atoms with Crippen LogP contribution in [0.5, 0.6) is 5.75 Å². The van der Waals surface area contributed by atoms with Gasteiger partial charge in [-0.2, -0.15) is 0 Å². The summed E-state index contributed by atoms with van der Waals surface area (Å²) in [6.07, 6.45) is 1.58. The third kappa shape index (κ3) is 6.54. The summed E-state index contributed by atoms with van der Waals surface area (Å²) in [5, 5.41) is 5.34. The van der Waals surface area contributed by atoms with Crippen LogP contribution in [0, 0.1) is 0 Å². The highest BCUT2D eigenvalue weighted by molar-refractivity contribution is 7.13. The van der Waals surface area contributed by atoms with Crippen molar-refractivity contribution in [3.8, 4) is 16.3 Å². The number of hydrogen-bond acceptors (Lipinski definition) is 5. The molecule has 0 aliphatic rings. The second-order valence-corrected chi connectivity index (χ2v) is 7.17. The third-order valence-corrected chi connectivity index (χ3v) is 3.79. The highest BCUT2D eigenvalue weighted by Gasteiger charge is 2.16. The number of carbonyl (C=O) groups excluding carboxylic acids is 1. The van der Waals surface area contributed by atoms with Crippen molar-refractivity contribution in [1.29, 1.82) is 0 Å². The lowest BCUT2D eigenvalue weighted by atomic mass is 10.2. The van der Waals surface area contributed by atoms with Gasteiger partial charge in [0, 0.05) is 29.3 Å². The second-order valence-electron chi connectivity index (χ2n) is 6.27. The first-order chi connectivity index (χ1) is 11.9. The SMILES string of the molecule is CC(C)(C)OC(=O)NCC(=CF)COc1ccc(-c2nccs2)cc1. The maximum atomic E-state index is 13.0. The number of rotatable bonds is 6. The smallest absolute Gasteiger partial charge is 0.407 e. The van der Waals surface area contributed by atoms with E-state index < -0.39 is 11.7 Å². The predicted molar refractivity (Wildman–Crippen MR) is 96.5 cm³/mol. The Morgan fingerprint density at radius 1 is 1.32 bits per heavy atom. The van der Waals surface area contributed by atoms with Crippen LogP contribution in [-0.4, -0.2) is 29.8 Å². The molecule has 1 aromatic heterocycles. The zero-order chi connectivity index (χ0) is 18.3. The van der Waals surface area contributed by atoms with Crippen LogP contribution in [0.25, 0.3) is 10.6 Å². The first kappa shape index (κ1) is 18.9. The Kier molecular flexibility index (Phi) is 6.52. The van der Waals surface area contributed by atoms with Crippen molar-refractivity contribution in [1.82, 2.24) is 10.3 Å². The molecule has 1 aromatic carbocycles. The average Bonchev–Trinajstić information content (AvgIpc) is 3.08. The van der Waals surface area contributed by atoms with Gasteiger partial charge in [0.2, 0.25) is 0 Å². The first-order valence-corrected chi connectivity index (χ1v) is 8.63. The predicted octanol–water partition coefficient (Wildman–Crippen LogP) is 4.57. The fourth-order valence-electron chi connectivity index (χ4n) is 1.86. The molecule has 0 fully saturated rings. The van der Waals surface area contributed by atoms with Gasteiger partial charge in [-0.1, -0.05) is 0 Å². The molecule has 0 bridgehead atoms. The topological polar surface area (TPSA) is 60.5 Å². The number of hydrogen-bond donors (Lipinski definition) is 1. The lowest BCUT2D eigenvalue weighted by Gasteiger charge is -2.20. The summed E-state index contributed by atoms with van der Waals surface area (Å²) in [5.74, 6) is 0.608. The van der Waals surface area contributed by atoms with Gasteiger partial charge in [-0.3, -0.25) is 0 Å². The Morgan fingerprint density at radius 2 is 2.04 bits per heavy atom. The standard InChI is InChI=1S/C18H21FN2O3S/c1-18(2,3)24-17(22)21-11-13(10-19)12-23-15-6-4-14(5-7-15)16-20-8-9-25-16/h4-10H,11-12H2,1-3H3,(H,21,22). The van der Waals surface area contributed by atoms with Gasteiger partial charge in [-0.05, 0) is 45.0 Å². The second kappa shape index (κ2) is 8.62. The van der Waals surface area contributed by atoms with E-state index in [9.17, 15) is 9.18 Å². The summed E-state index contributed by atoms with van der Waals surface area (Å²) in [7, 11) is 0. The summed E-state index contributed by atoms with van der Waals surface area (Å²) < 4.78 is 23.6. The molecule has 0 aliphatic heterocycles. The number of amides is 1. The van der Waals surface area contributed by atoms with Crippen LogP contribution in [0.1, 0.15) is 20.8 Å². The van der Waals surface area contributed by atoms with E-state index in [4.69, 9.17) is 9.47 Å². The van der Waals surface area contributed by atoms with Crippen LogP contribution in [0.2, 0.25) is 0 Å². The molecule has 1 N–H and O–H groups in total. The van der Waals surface area contributed by atoms with E-state index >= 15 is 0 Å². The highest BCUT2D eigenvalue weighted by atomic mass is 32.1. The van der Waals surface area contributed by atoms with Crippen LogP contribution in [0.15, 0.2) is 47.7 Å². The fraction of sp³-hybridized carbons (Fsp3) is 0.333. The summed E-state index contributed by atoms with van der Waals surface area (Å²) in [4.78, 5) is 15.8. The molecular weight excluding hydrogens is 343 g/mol. The van der Waals surface area contributed by atoms with Gasteiger partial charge in [-0.15, -0.1) is 11.3 Å². The van der Waals surface area contributed by atoms with E-state index in [1.165, 1.54) is 0 Å². The molecule has 1 heterocycles. The van der Waals surface area contributed by atoms with Crippen LogP contribution >= 0.6 is 11.3 Å². The fourth-order valence-corrected chi connectivity index (χ4v) is 2.50. The van der Waals surface area contributed by atoms with Gasteiger partial charge in [0.25, 0.3) is 0 Å². The normalized spacial score (nSPS) is 11.9. The van der Waals surface area contributed by atoms with Crippen molar-refractivity contribution in [2.45, 2.75) is 26.4 Å². The number of aromatic nitrogens is 1. The zero-order valence-electron chi connectivity index (χ0n) is 14.4. The molecule has 0 unspecified atom stereocenters. The van der Waals surface area contributed by atoms with Crippen molar-refractivity contribution < 1.29 is 18.7 Å². The number of halogens is 1. The number of nitrogens with zero attached hydrogens (tertiary/aromatic N) is 1. The van der Waals surface area contributed by atoms with Crippen molar-refractivity contribution >= 4 is 17.4 Å². The van der Waals surface area contributed by atoms with Crippen LogP contribution in [-0.2, 0) is 4.74 Å². The number of benzene rings is 1. The van der Waals surface area contributed by atoms with Gasteiger partial charge in [0.15, 0.2) is 0 Å². The van der Waals surface area contributed by atoms with Crippen LogP contribution in [0.3, 0.4) is 0 Å². The summed E-state index contributed by atoms with van der Waals surface area (Å²) >= 11 is 1.55. The molecule has 2 rings (SSSR count). The van der Waals surface area contributed by atoms with Gasteiger partial charge >= 0.3 is 6.09 Å². The molecule has 7 heteroatoms. The third-order valence-electron chi connectivity index (χ3n) is 2.97. The quantitative estimate of drug-likeness (QED) is 0.816. The molecular formula is C18H21FN2O3S. The largest absolute Gasteiger partial charge is 0.489 e. The molecule has 25 heavy (non-hydrogen) atoms. The molecule has 0 saturated carbocycles. The Hall–Kier alpha value is -2.41. The lowest BCUT2D eigenvalue weighted by Crippen LogP contribution is -2.34. The van der Waals surface area contributed by atoms with Crippen LogP contribution in [0.4, 0.5) is 9.18 Å². The highest BCUT2D eigenvalue weighted by Crippen LogP contribution is 2.24. The van der Waals surface area contributed by atoms with E-state index in [1.807, 2.05) is 17.5 Å². The van der Waals surface area contributed by atoms with Crippen molar-refractivity contribution in [2.75, 3.05) is 13.2 Å². The Labute approximate surface area is 150 Å². The monoisotopic (exact) mass is 364 g/mol. The number of carbonyl (C=O) groups is 1. The van der Waals surface area contributed by atoms with Gasteiger partial charge in [-0.25, -0.2) is 14.2 Å². The van der Waals surface area contributed by atoms with Crippen molar-refractivity contribution in [2.24, 2.45) is 0 Å². The maximum Gasteiger partial charge on any atom is 0.407 e. The molecule has 0 saturated heterocycles. The molecule has 0 atom stereocenters. The van der Waals surface area contributed by atoms with E-state index in [0.717, 1.165) is 10.6 Å². The van der Waals surface area contributed by atoms with Crippen molar-refractivity contribution in [3.05, 3.63) is 47.7 Å². The number of nitrogens with one attached hydrogen (secondary N) is 1. The van der Waals surface area contributed by atoms with Crippen LogP contribution < -0.4 is 10.1 Å². The van der Waals surface area contributed by atoms with Crippen molar-refractivity contribution in [3.63, 3.8) is 0 Å². The maximum absolute atomic E-state index is 13.0. The average molecular weight is 364 g/mol. The Bertz CT molecular complexity index is 707. The summed E-state index contributed by atoms with van der Waals surface area (Å²) in [5.41, 5.74) is 0.698. The van der Waals surface area contributed by atoms with Gasteiger partial charge < -0.3 is 14.8 Å². The summed E-state index contributed by atoms with van der Waals surface area (Å²) in [6, 6.07) is 7.39. The Morgan fingerprint density at radius 3 is 2.60 bits per heavy atom. The van der Waals surface area contributed by atoms with E-state index in [-0.39, 0.29) is 13.2 Å². The molecule has 5 nitrogen and oxygen atoms in total. The minimum absolute atomic E-state index is 0.0165. The van der Waals surface area contributed by atoms with Gasteiger partial charge in [0.05, 0.1) is 6.33 Å². The molecule has 0 spiro atoms. The van der Waals surface area contributed by atoms with E-state index in [0.29, 0.717) is 17.7 Å².